The molecule has 2 heterocycles. The fourth-order valence-corrected chi connectivity index (χ4v) is 3.69. The third kappa shape index (κ3) is 2.01. The van der Waals surface area contributed by atoms with Crippen LogP contribution in [-0.4, -0.2) is 4.98 Å². The standard InChI is InChI=1S/C20H14ClN3/c21-16-10-5-4-9-15(16)18-20(13-22,14-7-2-1-3-8-14)19-17(24-18)11-6-12-23-19/h1-12,18,24H/t18-,20-/m1/s1. The maximum absolute atomic E-state index is 10.3. The third-order valence-electron chi connectivity index (χ3n) is 4.54. The number of anilines is 1. The van der Waals surface area contributed by atoms with E-state index < -0.39 is 5.41 Å². The van der Waals surface area contributed by atoms with Crippen LogP contribution < -0.4 is 5.32 Å². The lowest BCUT2D eigenvalue weighted by atomic mass is 9.72. The van der Waals surface area contributed by atoms with Crippen molar-refractivity contribution in [2.45, 2.75) is 11.5 Å². The predicted octanol–water partition coefficient (Wildman–Crippen LogP) is 4.71. The first-order valence-corrected chi connectivity index (χ1v) is 8.08. The SMILES string of the molecule is N#C[C@]1(c2ccccc2)c2ncccc2N[C@@H]1c1ccccc1Cl. The van der Waals surface area contributed by atoms with Crippen molar-refractivity contribution in [3.63, 3.8) is 0 Å². The molecule has 3 nitrogen and oxygen atoms in total. The van der Waals surface area contributed by atoms with Gasteiger partial charge in [-0.05, 0) is 29.3 Å². The Morgan fingerprint density at radius 1 is 1.00 bits per heavy atom. The second-order valence-corrected chi connectivity index (χ2v) is 6.19. The smallest absolute Gasteiger partial charge is 0.150 e. The van der Waals surface area contributed by atoms with Crippen LogP contribution >= 0.6 is 11.6 Å². The molecular weight excluding hydrogens is 318 g/mol. The molecule has 4 heteroatoms. The molecule has 0 saturated heterocycles. The van der Waals surface area contributed by atoms with Gasteiger partial charge in [0.15, 0.2) is 5.41 Å². The van der Waals surface area contributed by atoms with E-state index in [0.29, 0.717) is 5.02 Å². The molecule has 24 heavy (non-hydrogen) atoms. The zero-order valence-electron chi connectivity index (χ0n) is 12.8. The molecule has 1 aromatic heterocycles. The van der Waals surface area contributed by atoms with Gasteiger partial charge in [-0.2, -0.15) is 5.26 Å². The van der Waals surface area contributed by atoms with Gasteiger partial charge in [0.25, 0.3) is 0 Å². The fourth-order valence-electron chi connectivity index (χ4n) is 3.44. The molecule has 4 rings (SSSR count). The Balaban J connectivity index is 2.02. The molecule has 0 bridgehead atoms. The summed E-state index contributed by atoms with van der Waals surface area (Å²) in [5, 5.41) is 14.4. The van der Waals surface area contributed by atoms with Crippen LogP contribution in [0.25, 0.3) is 0 Å². The number of rotatable bonds is 2. The minimum atomic E-state index is -0.928. The van der Waals surface area contributed by atoms with Gasteiger partial charge >= 0.3 is 0 Å². The first-order valence-electron chi connectivity index (χ1n) is 7.70. The summed E-state index contributed by atoms with van der Waals surface area (Å²) < 4.78 is 0. The van der Waals surface area contributed by atoms with Gasteiger partial charge in [0.05, 0.1) is 23.5 Å². The van der Waals surface area contributed by atoms with Crippen LogP contribution in [0.2, 0.25) is 5.02 Å². The summed E-state index contributed by atoms with van der Waals surface area (Å²) in [5.74, 6) is 0. The summed E-state index contributed by atoms with van der Waals surface area (Å²) in [6.45, 7) is 0. The molecule has 2 aromatic carbocycles. The summed E-state index contributed by atoms with van der Waals surface area (Å²) in [6, 6.07) is 23.5. The second-order valence-electron chi connectivity index (χ2n) is 5.78. The van der Waals surface area contributed by atoms with E-state index in [-0.39, 0.29) is 6.04 Å². The van der Waals surface area contributed by atoms with Crippen LogP contribution in [-0.2, 0) is 5.41 Å². The van der Waals surface area contributed by atoms with Crippen LogP contribution in [0.3, 0.4) is 0 Å². The van der Waals surface area contributed by atoms with Gasteiger partial charge in [-0.15, -0.1) is 0 Å². The molecule has 0 saturated carbocycles. The predicted molar refractivity (Wildman–Crippen MR) is 94.9 cm³/mol. The van der Waals surface area contributed by atoms with E-state index in [1.165, 1.54) is 0 Å². The number of nitrogens with zero attached hydrogens (tertiary/aromatic N) is 2. The van der Waals surface area contributed by atoms with E-state index in [9.17, 15) is 5.26 Å². The van der Waals surface area contributed by atoms with Gasteiger partial charge in [0, 0.05) is 11.2 Å². The Hall–Kier alpha value is -2.83. The molecule has 0 unspecified atom stereocenters. The summed E-state index contributed by atoms with van der Waals surface area (Å²) in [5.41, 5.74) is 2.48. The zero-order valence-corrected chi connectivity index (χ0v) is 13.5. The lowest BCUT2D eigenvalue weighted by molar-refractivity contribution is 0.574. The highest BCUT2D eigenvalue weighted by Gasteiger charge is 2.51. The van der Waals surface area contributed by atoms with Gasteiger partial charge in [-0.1, -0.05) is 60.1 Å². The van der Waals surface area contributed by atoms with Gasteiger partial charge in [-0.25, -0.2) is 0 Å². The number of nitrogens with one attached hydrogen (secondary N) is 1. The topological polar surface area (TPSA) is 48.7 Å². The normalized spacial score (nSPS) is 21.6. The van der Waals surface area contributed by atoms with Crippen LogP contribution in [0.1, 0.15) is 22.9 Å². The van der Waals surface area contributed by atoms with E-state index in [4.69, 9.17) is 11.6 Å². The van der Waals surface area contributed by atoms with Gasteiger partial charge in [-0.3, -0.25) is 4.98 Å². The Labute approximate surface area is 145 Å². The summed E-state index contributed by atoms with van der Waals surface area (Å²) in [4.78, 5) is 4.54. The van der Waals surface area contributed by atoms with Crippen molar-refractivity contribution >= 4 is 17.3 Å². The molecule has 0 aliphatic carbocycles. The molecule has 0 amide bonds. The molecule has 1 aliphatic heterocycles. The maximum Gasteiger partial charge on any atom is 0.150 e. The number of hydrogen-bond acceptors (Lipinski definition) is 3. The van der Waals surface area contributed by atoms with E-state index in [0.717, 1.165) is 22.5 Å². The quantitative estimate of drug-likeness (QED) is 0.739. The number of nitriles is 1. The number of pyridine rings is 1. The highest BCUT2D eigenvalue weighted by molar-refractivity contribution is 6.31. The summed E-state index contributed by atoms with van der Waals surface area (Å²) in [6.07, 6.45) is 1.73. The van der Waals surface area contributed by atoms with Gasteiger partial charge in [0.2, 0.25) is 0 Å². The highest BCUT2D eigenvalue weighted by Crippen LogP contribution is 2.52. The molecule has 0 fully saturated rings. The average molecular weight is 332 g/mol. The Morgan fingerprint density at radius 3 is 2.50 bits per heavy atom. The lowest BCUT2D eigenvalue weighted by Gasteiger charge is -2.29. The number of fused-ring (bicyclic) bond motifs is 1. The van der Waals surface area contributed by atoms with Crippen molar-refractivity contribution in [2.24, 2.45) is 0 Å². The largest absolute Gasteiger partial charge is 0.374 e. The molecule has 1 N–H and O–H groups in total. The molecule has 1 aliphatic rings. The van der Waals surface area contributed by atoms with Crippen molar-refractivity contribution in [3.05, 3.63) is 94.8 Å². The number of aromatic nitrogens is 1. The van der Waals surface area contributed by atoms with Crippen LogP contribution in [0.15, 0.2) is 72.9 Å². The maximum atomic E-state index is 10.3. The number of hydrogen-bond donors (Lipinski definition) is 1. The van der Waals surface area contributed by atoms with Crippen LogP contribution in [0, 0.1) is 11.3 Å². The van der Waals surface area contributed by atoms with Crippen molar-refractivity contribution < 1.29 is 0 Å². The molecule has 0 radical (unpaired) electrons. The zero-order chi connectivity index (χ0) is 16.6. The van der Waals surface area contributed by atoms with Crippen molar-refractivity contribution in [1.82, 2.24) is 4.98 Å². The Kier molecular flexibility index (Phi) is 3.48. The van der Waals surface area contributed by atoms with Crippen LogP contribution in [0.4, 0.5) is 5.69 Å². The minimum Gasteiger partial charge on any atom is -0.374 e. The molecule has 2 atom stereocenters. The monoisotopic (exact) mass is 331 g/mol. The lowest BCUT2D eigenvalue weighted by Crippen LogP contribution is -2.33. The average Bonchev–Trinajstić information content (AvgIpc) is 2.98. The molecule has 0 spiro atoms. The summed E-state index contributed by atoms with van der Waals surface area (Å²) in [7, 11) is 0. The van der Waals surface area contributed by atoms with Crippen molar-refractivity contribution in [3.8, 4) is 6.07 Å². The van der Waals surface area contributed by atoms with E-state index >= 15 is 0 Å². The first-order chi connectivity index (χ1) is 11.8. The van der Waals surface area contributed by atoms with Crippen molar-refractivity contribution in [1.29, 1.82) is 5.26 Å². The second kappa shape index (κ2) is 5.67. The number of benzene rings is 2. The van der Waals surface area contributed by atoms with Gasteiger partial charge < -0.3 is 5.32 Å². The van der Waals surface area contributed by atoms with Gasteiger partial charge in [0.1, 0.15) is 0 Å². The first kappa shape index (κ1) is 14.7. The Morgan fingerprint density at radius 2 is 1.75 bits per heavy atom. The fraction of sp³-hybridized carbons (Fsp3) is 0.100. The third-order valence-corrected chi connectivity index (χ3v) is 4.88. The van der Waals surface area contributed by atoms with Crippen molar-refractivity contribution in [2.75, 3.05) is 5.32 Å². The Bertz CT molecular complexity index is 933. The minimum absolute atomic E-state index is 0.302. The van der Waals surface area contributed by atoms with E-state index in [1.807, 2.05) is 66.7 Å². The molecule has 3 aromatic rings. The van der Waals surface area contributed by atoms with Crippen LogP contribution in [0.5, 0.6) is 0 Å². The molecular formula is C20H14ClN3. The summed E-state index contributed by atoms with van der Waals surface area (Å²) >= 11 is 6.45. The van der Waals surface area contributed by atoms with E-state index in [1.54, 1.807) is 6.20 Å². The highest BCUT2D eigenvalue weighted by atomic mass is 35.5. The molecule has 116 valence electrons. The van der Waals surface area contributed by atoms with E-state index in [2.05, 4.69) is 16.4 Å². The number of halogens is 1.